The molecule has 1 heterocycles. The Morgan fingerprint density at radius 1 is 1.41 bits per heavy atom. The molecule has 2 rings (SSSR count). The zero-order valence-electron chi connectivity index (χ0n) is 10.6. The van der Waals surface area contributed by atoms with Crippen LogP contribution in [-0.2, 0) is 18.5 Å². The number of nitrogens with zero attached hydrogens (tertiary/aromatic N) is 1. The highest BCUT2D eigenvalue weighted by Gasteiger charge is 2.50. The molecule has 1 unspecified atom stereocenters. The normalized spacial score (nSPS) is 32.2. The van der Waals surface area contributed by atoms with E-state index in [4.69, 9.17) is 13.9 Å². The predicted molar refractivity (Wildman–Crippen MR) is 65.3 cm³/mol. The Kier molecular flexibility index (Phi) is 3.91. The molecule has 0 N–H and O–H groups in total. The highest BCUT2D eigenvalue weighted by molar-refractivity contribution is 7.54. The van der Waals surface area contributed by atoms with Gasteiger partial charge in [0.25, 0.3) is 0 Å². The molecule has 0 spiro atoms. The SMILES string of the molecule is CCOP(=O)(OCC)[C@H]1C[C@@H]2CON=C2C1C. The van der Waals surface area contributed by atoms with Gasteiger partial charge in [-0.25, -0.2) is 0 Å². The van der Waals surface area contributed by atoms with E-state index in [0.29, 0.717) is 25.7 Å². The fraction of sp³-hybridized carbons (Fsp3) is 0.909. The van der Waals surface area contributed by atoms with Crippen molar-refractivity contribution in [1.29, 1.82) is 0 Å². The number of hydrogen-bond donors (Lipinski definition) is 0. The van der Waals surface area contributed by atoms with Gasteiger partial charge in [-0.3, -0.25) is 4.57 Å². The van der Waals surface area contributed by atoms with Crippen molar-refractivity contribution in [2.45, 2.75) is 32.9 Å². The van der Waals surface area contributed by atoms with Crippen LogP contribution in [0.25, 0.3) is 0 Å². The summed E-state index contributed by atoms with van der Waals surface area (Å²) in [7, 11) is -3.01. The summed E-state index contributed by atoms with van der Waals surface area (Å²) in [6.07, 6.45) is 0.789. The summed E-state index contributed by atoms with van der Waals surface area (Å²) < 4.78 is 23.6. The third kappa shape index (κ3) is 2.28. The maximum atomic E-state index is 12.7. The zero-order valence-corrected chi connectivity index (χ0v) is 11.5. The second-order valence-electron chi connectivity index (χ2n) is 4.48. The summed E-state index contributed by atoms with van der Waals surface area (Å²) in [5.74, 6) is 0.413. The first-order chi connectivity index (χ1) is 8.12. The zero-order chi connectivity index (χ0) is 12.5. The Hall–Kier alpha value is -0.380. The van der Waals surface area contributed by atoms with E-state index in [1.54, 1.807) is 0 Å². The van der Waals surface area contributed by atoms with Crippen LogP contribution in [0.5, 0.6) is 0 Å². The monoisotopic (exact) mass is 261 g/mol. The summed E-state index contributed by atoms with van der Waals surface area (Å²) in [5.41, 5.74) is 0.949. The number of fused-ring (bicyclic) bond motifs is 1. The van der Waals surface area contributed by atoms with Crippen molar-refractivity contribution < 1.29 is 18.5 Å². The summed E-state index contributed by atoms with van der Waals surface area (Å²) in [4.78, 5) is 5.08. The Balaban J connectivity index is 2.18. The van der Waals surface area contributed by atoms with Crippen LogP contribution in [-0.4, -0.2) is 31.2 Å². The summed E-state index contributed by atoms with van der Waals surface area (Å²) in [6, 6.07) is 0. The van der Waals surface area contributed by atoms with E-state index in [2.05, 4.69) is 5.16 Å². The Morgan fingerprint density at radius 3 is 2.59 bits per heavy atom. The molecule has 0 aromatic carbocycles. The van der Waals surface area contributed by atoms with Crippen molar-refractivity contribution >= 4 is 13.3 Å². The van der Waals surface area contributed by atoms with Gasteiger partial charge in [-0.15, -0.1) is 0 Å². The van der Waals surface area contributed by atoms with Gasteiger partial charge < -0.3 is 13.9 Å². The first kappa shape index (κ1) is 13.1. The number of hydrogen-bond acceptors (Lipinski definition) is 5. The molecule has 0 aromatic heterocycles. The van der Waals surface area contributed by atoms with Gasteiger partial charge in [0.05, 0.1) is 24.6 Å². The molecule has 0 bridgehead atoms. The molecule has 98 valence electrons. The van der Waals surface area contributed by atoms with Crippen LogP contribution < -0.4 is 0 Å². The van der Waals surface area contributed by atoms with Gasteiger partial charge in [-0.2, -0.15) is 0 Å². The highest BCUT2D eigenvalue weighted by Crippen LogP contribution is 2.60. The van der Waals surface area contributed by atoms with Crippen LogP contribution in [0.2, 0.25) is 0 Å². The van der Waals surface area contributed by atoms with Crippen molar-refractivity contribution in [3.05, 3.63) is 0 Å². The second kappa shape index (κ2) is 5.09. The molecule has 1 saturated carbocycles. The van der Waals surface area contributed by atoms with E-state index in [1.807, 2.05) is 20.8 Å². The molecular weight excluding hydrogens is 241 g/mol. The Morgan fingerprint density at radius 2 is 2.06 bits per heavy atom. The van der Waals surface area contributed by atoms with Gasteiger partial charge in [0.15, 0.2) is 0 Å². The molecule has 5 nitrogen and oxygen atoms in total. The van der Waals surface area contributed by atoms with E-state index in [0.717, 1.165) is 12.1 Å². The smallest absolute Gasteiger partial charge is 0.334 e. The molecule has 1 fully saturated rings. The lowest BCUT2D eigenvalue weighted by Crippen LogP contribution is -2.19. The average molecular weight is 261 g/mol. The molecule has 1 aliphatic carbocycles. The van der Waals surface area contributed by atoms with Crippen molar-refractivity contribution in [2.75, 3.05) is 19.8 Å². The predicted octanol–water partition coefficient (Wildman–Crippen LogP) is 2.66. The molecule has 0 aromatic rings. The molecule has 0 amide bonds. The minimum Gasteiger partial charge on any atom is -0.395 e. The third-order valence-corrected chi connectivity index (χ3v) is 6.16. The van der Waals surface area contributed by atoms with Gasteiger partial charge in [0.2, 0.25) is 0 Å². The van der Waals surface area contributed by atoms with E-state index < -0.39 is 7.60 Å². The Labute approximate surface area is 102 Å². The number of rotatable bonds is 5. The van der Waals surface area contributed by atoms with Gasteiger partial charge >= 0.3 is 7.60 Å². The molecule has 1 aliphatic heterocycles. The van der Waals surface area contributed by atoms with Gasteiger partial charge in [0, 0.05) is 11.8 Å². The fourth-order valence-electron chi connectivity index (χ4n) is 2.69. The minimum absolute atomic E-state index is 0.0740. The maximum Gasteiger partial charge on any atom is 0.334 e. The molecule has 0 saturated heterocycles. The number of oxime groups is 1. The van der Waals surface area contributed by atoms with Gasteiger partial charge in [0.1, 0.15) is 6.61 Å². The van der Waals surface area contributed by atoms with Crippen molar-refractivity contribution in [2.24, 2.45) is 17.0 Å². The minimum atomic E-state index is -3.01. The molecule has 2 aliphatic rings. The largest absolute Gasteiger partial charge is 0.395 e. The highest BCUT2D eigenvalue weighted by atomic mass is 31.2. The lowest BCUT2D eigenvalue weighted by atomic mass is 10.1. The van der Waals surface area contributed by atoms with Crippen LogP contribution >= 0.6 is 7.60 Å². The van der Waals surface area contributed by atoms with E-state index in [-0.39, 0.29) is 11.6 Å². The van der Waals surface area contributed by atoms with Crippen molar-refractivity contribution in [1.82, 2.24) is 0 Å². The third-order valence-electron chi connectivity index (χ3n) is 3.46. The lowest BCUT2D eigenvalue weighted by Gasteiger charge is -2.25. The van der Waals surface area contributed by atoms with E-state index in [9.17, 15) is 4.57 Å². The van der Waals surface area contributed by atoms with E-state index in [1.165, 1.54) is 0 Å². The van der Waals surface area contributed by atoms with Gasteiger partial charge in [-0.1, -0.05) is 12.1 Å². The maximum absolute atomic E-state index is 12.7. The lowest BCUT2D eigenvalue weighted by molar-refractivity contribution is 0.148. The molecule has 17 heavy (non-hydrogen) atoms. The van der Waals surface area contributed by atoms with E-state index >= 15 is 0 Å². The van der Waals surface area contributed by atoms with Gasteiger partial charge in [-0.05, 0) is 20.3 Å². The molecule has 3 atom stereocenters. The first-order valence-corrected chi connectivity index (χ1v) is 7.82. The average Bonchev–Trinajstić information content (AvgIpc) is 2.83. The van der Waals surface area contributed by atoms with Crippen molar-refractivity contribution in [3.8, 4) is 0 Å². The quantitative estimate of drug-likeness (QED) is 0.714. The van der Waals surface area contributed by atoms with Crippen LogP contribution in [0.1, 0.15) is 27.2 Å². The molecular formula is C11H20NO4P. The standard InChI is InChI=1S/C11H20NO4P/c1-4-15-17(13,16-5-2)10-6-9-7-14-12-11(9)8(10)3/h8-10H,4-7H2,1-3H3/t8?,9-,10+/m1/s1. The fourth-order valence-corrected chi connectivity index (χ4v) is 5.08. The van der Waals surface area contributed by atoms with Crippen molar-refractivity contribution in [3.63, 3.8) is 0 Å². The Bertz CT molecular complexity index is 347. The summed E-state index contributed by atoms with van der Waals surface area (Å²) >= 11 is 0. The summed E-state index contributed by atoms with van der Waals surface area (Å²) in [6.45, 7) is 7.14. The van der Waals surface area contributed by atoms with Crippen LogP contribution in [0, 0.1) is 11.8 Å². The first-order valence-electron chi connectivity index (χ1n) is 6.21. The second-order valence-corrected chi connectivity index (χ2v) is 6.74. The molecule has 6 heteroatoms. The summed E-state index contributed by atoms with van der Waals surface area (Å²) in [5, 5.41) is 4.05. The topological polar surface area (TPSA) is 57.1 Å². The van der Waals surface area contributed by atoms with Crippen LogP contribution in [0.3, 0.4) is 0 Å². The molecule has 0 radical (unpaired) electrons. The van der Waals surface area contributed by atoms with Crippen LogP contribution in [0.15, 0.2) is 5.16 Å². The van der Waals surface area contributed by atoms with Crippen LogP contribution in [0.4, 0.5) is 0 Å².